The van der Waals surface area contributed by atoms with Gasteiger partial charge in [0.1, 0.15) is 0 Å². The summed E-state index contributed by atoms with van der Waals surface area (Å²) < 4.78 is 1.06. The minimum atomic E-state index is -0.303. The molecule has 2 amide bonds. The Bertz CT molecular complexity index is 608. The number of carbonyl (C=O) groups is 2. The first-order chi connectivity index (χ1) is 10.7. The highest BCUT2D eigenvalue weighted by atomic mass is 32.1. The summed E-state index contributed by atoms with van der Waals surface area (Å²) in [6.45, 7) is 2.14. The lowest BCUT2D eigenvalue weighted by atomic mass is 10.2. The van der Waals surface area contributed by atoms with E-state index in [1.807, 2.05) is 24.3 Å². The van der Waals surface area contributed by atoms with Gasteiger partial charge in [0.15, 0.2) is 5.13 Å². The Hall–Kier alpha value is -2.15. The number of thiazole rings is 1. The maximum atomic E-state index is 11.7. The van der Waals surface area contributed by atoms with Crippen LogP contribution in [0.3, 0.4) is 0 Å². The number of nitrogens with zero attached hydrogens (tertiary/aromatic N) is 1. The fourth-order valence-corrected chi connectivity index (χ4v) is 2.75. The van der Waals surface area contributed by atoms with Crippen molar-refractivity contribution in [1.29, 1.82) is 0 Å². The molecule has 0 fully saturated rings. The Morgan fingerprint density at radius 1 is 1.14 bits per heavy atom. The van der Waals surface area contributed by atoms with E-state index in [0.717, 1.165) is 29.5 Å². The smallest absolute Gasteiger partial charge is 0.257 e. The average Bonchev–Trinajstić information content (AvgIpc) is 2.94. The Morgan fingerprint density at radius 2 is 1.91 bits per heavy atom. The molecule has 0 bridgehead atoms. The van der Waals surface area contributed by atoms with Gasteiger partial charge in [0, 0.05) is 6.42 Å². The molecule has 0 atom stereocenters. The van der Waals surface area contributed by atoms with Crippen LogP contribution in [0.15, 0.2) is 24.3 Å². The molecule has 0 radical (unpaired) electrons. The molecular formula is C15H20N4O2S. The molecule has 6 nitrogen and oxygen atoms in total. The van der Waals surface area contributed by atoms with Gasteiger partial charge in [-0.15, -0.1) is 0 Å². The summed E-state index contributed by atoms with van der Waals surface area (Å²) in [4.78, 5) is 27.5. The Labute approximate surface area is 133 Å². The first-order valence-corrected chi connectivity index (χ1v) is 8.18. The number of hydrazine groups is 1. The second kappa shape index (κ2) is 8.33. The number of benzene rings is 1. The third-order valence-electron chi connectivity index (χ3n) is 3.04. The van der Waals surface area contributed by atoms with Gasteiger partial charge in [0.2, 0.25) is 5.91 Å². The summed E-state index contributed by atoms with van der Waals surface area (Å²) in [6.07, 6.45) is 3.34. The molecule has 2 aromatic rings. The van der Waals surface area contributed by atoms with Crippen LogP contribution in [0.25, 0.3) is 10.2 Å². The topological polar surface area (TPSA) is 83.1 Å². The molecule has 0 unspecified atom stereocenters. The zero-order chi connectivity index (χ0) is 15.8. The molecule has 0 aliphatic rings. The molecule has 118 valence electrons. The van der Waals surface area contributed by atoms with Crippen LogP contribution in [0.2, 0.25) is 0 Å². The van der Waals surface area contributed by atoms with Crippen LogP contribution in [0, 0.1) is 0 Å². The van der Waals surface area contributed by atoms with Crippen LogP contribution in [0.1, 0.15) is 32.6 Å². The lowest BCUT2D eigenvalue weighted by Gasteiger charge is -2.07. The monoisotopic (exact) mass is 320 g/mol. The Balaban J connectivity index is 1.70. The first kappa shape index (κ1) is 16.2. The SMILES string of the molecule is CCCCCC(=O)NNC(=O)CNc1nc2ccccc2s1. The molecule has 0 aliphatic heterocycles. The van der Waals surface area contributed by atoms with Crippen LogP contribution in [0.5, 0.6) is 0 Å². The van der Waals surface area contributed by atoms with Crippen LogP contribution in [-0.2, 0) is 9.59 Å². The lowest BCUT2D eigenvalue weighted by Crippen LogP contribution is -2.44. The fourth-order valence-electron chi connectivity index (χ4n) is 1.89. The summed E-state index contributed by atoms with van der Waals surface area (Å²) >= 11 is 1.49. The van der Waals surface area contributed by atoms with Gasteiger partial charge in [-0.3, -0.25) is 20.4 Å². The van der Waals surface area contributed by atoms with E-state index in [-0.39, 0.29) is 18.4 Å². The summed E-state index contributed by atoms with van der Waals surface area (Å²) in [5.74, 6) is -0.468. The van der Waals surface area contributed by atoms with Gasteiger partial charge in [-0.2, -0.15) is 0 Å². The van der Waals surface area contributed by atoms with Crippen molar-refractivity contribution in [3.63, 3.8) is 0 Å². The van der Waals surface area contributed by atoms with E-state index >= 15 is 0 Å². The Morgan fingerprint density at radius 3 is 2.68 bits per heavy atom. The predicted molar refractivity (Wildman–Crippen MR) is 88.5 cm³/mol. The van der Waals surface area contributed by atoms with Crippen molar-refractivity contribution in [2.75, 3.05) is 11.9 Å². The number of hydrogen-bond donors (Lipinski definition) is 3. The van der Waals surface area contributed by atoms with E-state index in [4.69, 9.17) is 0 Å². The highest BCUT2D eigenvalue weighted by molar-refractivity contribution is 7.22. The number of carbonyl (C=O) groups excluding carboxylic acids is 2. The molecule has 0 aliphatic carbocycles. The first-order valence-electron chi connectivity index (χ1n) is 7.36. The van der Waals surface area contributed by atoms with Crippen molar-refractivity contribution >= 4 is 38.5 Å². The standard InChI is InChI=1S/C15H20N4O2S/c1-2-3-4-9-13(20)18-19-14(21)10-16-15-17-11-7-5-6-8-12(11)22-15/h5-8H,2-4,9-10H2,1H3,(H,16,17)(H,18,20)(H,19,21). The number of rotatable bonds is 7. The molecule has 0 saturated heterocycles. The van der Waals surface area contributed by atoms with Gasteiger partial charge in [0.05, 0.1) is 16.8 Å². The fraction of sp³-hybridized carbons (Fsp3) is 0.400. The zero-order valence-corrected chi connectivity index (χ0v) is 13.3. The third-order valence-corrected chi connectivity index (χ3v) is 4.04. The largest absolute Gasteiger partial charge is 0.352 e. The average molecular weight is 320 g/mol. The van der Waals surface area contributed by atoms with Crippen molar-refractivity contribution in [2.24, 2.45) is 0 Å². The van der Waals surface area contributed by atoms with Crippen LogP contribution in [-0.4, -0.2) is 23.3 Å². The molecular weight excluding hydrogens is 300 g/mol. The predicted octanol–water partition coefficient (Wildman–Crippen LogP) is 2.44. The molecule has 0 spiro atoms. The second-order valence-corrected chi connectivity index (χ2v) is 5.92. The summed E-state index contributed by atoms with van der Waals surface area (Å²) in [6, 6.07) is 7.78. The van der Waals surface area contributed by atoms with Crippen molar-refractivity contribution in [3.05, 3.63) is 24.3 Å². The normalized spacial score (nSPS) is 10.4. The molecule has 1 aromatic carbocycles. The number of aromatic nitrogens is 1. The zero-order valence-electron chi connectivity index (χ0n) is 12.5. The Kier molecular flexibility index (Phi) is 6.14. The number of amides is 2. The van der Waals surface area contributed by atoms with Gasteiger partial charge in [-0.1, -0.05) is 43.2 Å². The molecule has 22 heavy (non-hydrogen) atoms. The summed E-state index contributed by atoms with van der Waals surface area (Å²) in [5.41, 5.74) is 5.70. The molecule has 2 rings (SSSR count). The van der Waals surface area contributed by atoms with Crippen LogP contribution in [0.4, 0.5) is 5.13 Å². The van der Waals surface area contributed by atoms with Gasteiger partial charge >= 0.3 is 0 Å². The van der Waals surface area contributed by atoms with Crippen molar-refractivity contribution < 1.29 is 9.59 Å². The maximum absolute atomic E-state index is 11.7. The van der Waals surface area contributed by atoms with Crippen LogP contribution >= 0.6 is 11.3 Å². The maximum Gasteiger partial charge on any atom is 0.257 e. The highest BCUT2D eigenvalue weighted by Crippen LogP contribution is 2.24. The van der Waals surface area contributed by atoms with Crippen molar-refractivity contribution in [3.8, 4) is 0 Å². The molecule has 1 aromatic heterocycles. The van der Waals surface area contributed by atoms with E-state index in [0.29, 0.717) is 11.6 Å². The number of hydrogen-bond acceptors (Lipinski definition) is 5. The molecule has 1 heterocycles. The molecule has 3 N–H and O–H groups in total. The number of unbranched alkanes of at least 4 members (excludes halogenated alkanes) is 2. The number of para-hydroxylation sites is 1. The van der Waals surface area contributed by atoms with E-state index in [9.17, 15) is 9.59 Å². The van der Waals surface area contributed by atoms with E-state index in [2.05, 4.69) is 28.1 Å². The third kappa shape index (κ3) is 5.00. The van der Waals surface area contributed by atoms with Crippen molar-refractivity contribution in [2.45, 2.75) is 32.6 Å². The molecule has 0 saturated carbocycles. The van der Waals surface area contributed by atoms with Gasteiger partial charge in [-0.25, -0.2) is 4.98 Å². The van der Waals surface area contributed by atoms with Gasteiger partial charge in [-0.05, 0) is 18.6 Å². The number of fused-ring (bicyclic) bond motifs is 1. The van der Waals surface area contributed by atoms with Crippen molar-refractivity contribution in [1.82, 2.24) is 15.8 Å². The van der Waals surface area contributed by atoms with E-state index in [1.165, 1.54) is 11.3 Å². The number of nitrogens with one attached hydrogen (secondary N) is 3. The molecule has 7 heteroatoms. The minimum absolute atomic E-state index is 0.0645. The van der Waals surface area contributed by atoms with Crippen LogP contribution < -0.4 is 16.2 Å². The van der Waals surface area contributed by atoms with E-state index < -0.39 is 0 Å². The second-order valence-electron chi connectivity index (χ2n) is 4.89. The van der Waals surface area contributed by atoms with Gasteiger partial charge in [0.25, 0.3) is 5.91 Å². The summed E-state index contributed by atoms with van der Waals surface area (Å²) in [5, 5.41) is 3.64. The van der Waals surface area contributed by atoms with Gasteiger partial charge < -0.3 is 5.32 Å². The quantitative estimate of drug-likeness (QED) is 0.540. The number of anilines is 1. The van der Waals surface area contributed by atoms with E-state index in [1.54, 1.807) is 0 Å². The highest BCUT2D eigenvalue weighted by Gasteiger charge is 2.07. The summed E-state index contributed by atoms with van der Waals surface area (Å²) in [7, 11) is 0. The minimum Gasteiger partial charge on any atom is -0.352 e. The lowest BCUT2D eigenvalue weighted by molar-refractivity contribution is -0.128.